The molecule has 3 aromatic carbocycles. The van der Waals surface area contributed by atoms with Crippen LogP contribution in [0.2, 0.25) is 0 Å². The molecular formula is C23H17ClN2O2S. The minimum Gasteiger partial charge on any atom is -0.507 e. The molecule has 0 spiro atoms. The first-order chi connectivity index (χ1) is 14.1. The zero-order chi connectivity index (χ0) is 20.1. The number of anilines is 1. The van der Waals surface area contributed by atoms with E-state index in [0.717, 1.165) is 32.8 Å². The number of nitrogens with one attached hydrogen (secondary N) is 1. The van der Waals surface area contributed by atoms with Crippen LogP contribution in [0.15, 0.2) is 54.6 Å². The molecule has 0 saturated heterocycles. The van der Waals surface area contributed by atoms with E-state index in [9.17, 15) is 9.90 Å². The zero-order valence-corrected chi connectivity index (χ0v) is 16.9. The maximum Gasteiger partial charge on any atom is 0.274 e. The number of nitrogens with zero attached hydrogens (tertiary/aromatic N) is 1. The Balaban J connectivity index is 1.65. The van der Waals surface area contributed by atoms with Gasteiger partial charge in [-0.3, -0.25) is 4.79 Å². The molecular weight excluding hydrogens is 404 g/mol. The SMILES string of the molecule is O=C(c1cc2cccc(C=S)c2[nH]1)N1C[C@@H](CCl)c2c1cc(O)c1ccccc21. The van der Waals surface area contributed by atoms with Crippen molar-refractivity contribution in [2.24, 2.45) is 0 Å². The number of para-hydroxylation sites is 1. The smallest absolute Gasteiger partial charge is 0.274 e. The van der Waals surface area contributed by atoms with Crippen LogP contribution in [0.3, 0.4) is 0 Å². The number of rotatable bonds is 3. The van der Waals surface area contributed by atoms with Crippen molar-refractivity contribution >= 4 is 62.5 Å². The number of benzene rings is 3. The topological polar surface area (TPSA) is 56.3 Å². The predicted octanol–water partition coefficient (Wildman–Crippen LogP) is 5.36. The van der Waals surface area contributed by atoms with Crippen LogP contribution in [0.25, 0.3) is 21.7 Å². The van der Waals surface area contributed by atoms with Gasteiger partial charge in [0.05, 0.1) is 11.2 Å². The summed E-state index contributed by atoms with van der Waals surface area (Å²) in [5.41, 5.74) is 3.93. The molecule has 2 heterocycles. The highest BCUT2D eigenvalue weighted by atomic mass is 35.5. The highest BCUT2D eigenvalue weighted by Gasteiger charge is 2.35. The standard InChI is InChI=1S/C23H17ClN2O2S/c24-10-15-11-26(19-9-20(27)16-6-1-2-7-17(16)21(15)19)23(28)18-8-13-4-3-5-14(12-29)22(13)25-18/h1-9,12,15,25,27H,10-11H2/t15-/m1/s1. The molecule has 0 bridgehead atoms. The lowest BCUT2D eigenvalue weighted by Crippen LogP contribution is -2.30. The van der Waals surface area contributed by atoms with Gasteiger partial charge in [0.1, 0.15) is 11.4 Å². The van der Waals surface area contributed by atoms with Gasteiger partial charge in [0.25, 0.3) is 5.91 Å². The molecule has 4 nitrogen and oxygen atoms in total. The van der Waals surface area contributed by atoms with Crippen LogP contribution in [0.4, 0.5) is 5.69 Å². The minimum absolute atomic E-state index is 0.00188. The number of hydrogen-bond acceptors (Lipinski definition) is 3. The summed E-state index contributed by atoms with van der Waals surface area (Å²) in [4.78, 5) is 18.3. The van der Waals surface area contributed by atoms with Gasteiger partial charge in [-0.25, -0.2) is 0 Å². The van der Waals surface area contributed by atoms with E-state index >= 15 is 0 Å². The first-order valence-electron chi connectivity index (χ1n) is 9.31. The molecule has 0 unspecified atom stereocenters. The molecule has 1 aromatic heterocycles. The van der Waals surface area contributed by atoms with Gasteiger partial charge in [-0.15, -0.1) is 11.6 Å². The Labute approximate surface area is 177 Å². The monoisotopic (exact) mass is 420 g/mol. The average molecular weight is 421 g/mol. The highest BCUT2D eigenvalue weighted by molar-refractivity contribution is 7.79. The molecule has 1 atom stereocenters. The number of hydrogen-bond donors (Lipinski definition) is 2. The summed E-state index contributed by atoms with van der Waals surface area (Å²) in [7, 11) is 0. The number of aromatic amines is 1. The first kappa shape index (κ1) is 18.2. The predicted molar refractivity (Wildman–Crippen MR) is 122 cm³/mol. The van der Waals surface area contributed by atoms with E-state index < -0.39 is 0 Å². The number of fused-ring (bicyclic) bond motifs is 4. The lowest BCUT2D eigenvalue weighted by atomic mass is 9.95. The van der Waals surface area contributed by atoms with Crippen molar-refractivity contribution in [2.45, 2.75) is 5.92 Å². The largest absolute Gasteiger partial charge is 0.507 e. The van der Waals surface area contributed by atoms with Gasteiger partial charge in [0.2, 0.25) is 0 Å². The number of carbonyl (C=O) groups is 1. The van der Waals surface area contributed by atoms with Crippen LogP contribution >= 0.6 is 23.8 Å². The Morgan fingerprint density at radius 3 is 2.76 bits per heavy atom. The fourth-order valence-corrected chi connectivity index (χ4v) is 4.73. The summed E-state index contributed by atoms with van der Waals surface area (Å²) < 4.78 is 0. The molecule has 0 radical (unpaired) electrons. The summed E-state index contributed by atoms with van der Waals surface area (Å²) in [5, 5.41) is 14.8. The normalized spacial score (nSPS) is 15.8. The Morgan fingerprint density at radius 2 is 2.00 bits per heavy atom. The van der Waals surface area contributed by atoms with Crippen molar-refractivity contribution in [1.82, 2.24) is 4.98 Å². The Kier molecular flexibility index (Phi) is 4.30. The number of aromatic nitrogens is 1. The fourth-order valence-electron chi connectivity index (χ4n) is 4.28. The minimum atomic E-state index is -0.153. The molecule has 1 aliphatic heterocycles. The molecule has 0 fully saturated rings. The van der Waals surface area contributed by atoms with E-state index in [1.807, 2.05) is 48.5 Å². The number of H-pyrrole nitrogens is 1. The van der Waals surface area contributed by atoms with Crippen molar-refractivity contribution < 1.29 is 9.90 Å². The van der Waals surface area contributed by atoms with E-state index in [2.05, 4.69) is 4.98 Å². The number of alkyl halides is 1. The molecule has 29 heavy (non-hydrogen) atoms. The Morgan fingerprint density at radius 1 is 1.21 bits per heavy atom. The van der Waals surface area contributed by atoms with Gasteiger partial charge in [-0.2, -0.15) is 0 Å². The Bertz CT molecular complexity index is 1300. The van der Waals surface area contributed by atoms with Crippen LogP contribution in [0.5, 0.6) is 5.75 Å². The number of amides is 1. The van der Waals surface area contributed by atoms with Crippen LogP contribution < -0.4 is 4.90 Å². The second kappa shape index (κ2) is 6.87. The third-order valence-corrected chi connectivity index (χ3v) is 6.25. The first-order valence-corrected chi connectivity index (χ1v) is 10.3. The van der Waals surface area contributed by atoms with Crippen molar-refractivity contribution in [3.63, 3.8) is 0 Å². The van der Waals surface area contributed by atoms with Gasteiger partial charge in [-0.05, 0) is 17.0 Å². The van der Waals surface area contributed by atoms with Gasteiger partial charge >= 0.3 is 0 Å². The van der Waals surface area contributed by atoms with Crippen LogP contribution in [-0.2, 0) is 0 Å². The maximum atomic E-state index is 13.4. The molecule has 1 amide bonds. The number of phenolic OH excluding ortho intramolecular Hbond substituents is 1. The molecule has 144 valence electrons. The van der Waals surface area contributed by atoms with Crippen LogP contribution in [0.1, 0.15) is 27.5 Å². The second-order valence-corrected chi connectivity index (χ2v) is 7.80. The van der Waals surface area contributed by atoms with E-state index in [-0.39, 0.29) is 17.6 Å². The summed E-state index contributed by atoms with van der Waals surface area (Å²) in [6.07, 6.45) is 0. The summed E-state index contributed by atoms with van der Waals surface area (Å²) in [5.74, 6) is 0.405. The van der Waals surface area contributed by atoms with Crippen LogP contribution in [0, 0.1) is 0 Å². The van der Waals surface area contributed by atoms with E-state index in [0.29, 0.717) is 23.8 Å². The quantitative estimate of drug-likeness (QED) is 0.346. The summed E-state index contributed by atoms with van der Waals surface area (Å²) >= 11 is 11.4. The van der Waals surface area contributed by atoms with Gasteiger partial charge < -0.3 is 15.0 Å². The van der Waals surface area contributed by atoms with Crippen LogP contribution in [-0.4, -0.2) is 33.8 Å². The molecule has 1 aliphatic rings. The number of carbonyl (C=O) groups excluding carboxylic acids is 1. The van der Waals surface area contributed by atoms with Crippen molar-refractivity contribution in [3.05, 3.63) is 71.4 Å². The number of thiocarbonyl (C=S) groups is 1. The molecule has 6 heteroatoms. The summed E-state index contributed by atoms with van der Waals surface area (Å²) in [6.45, 7) is 0.473. The van der Waals surface area contributed by atoms with Gasteiger partial charge in [0, 0.05) is 46.1 Å². The number of aromatic hydroxyl groups is 1. The zero-order valence-electron chi connectivity index (χ0n) is 15.4. The molecule has 5 rings (SSSR count). The molecule has 0 aliphatic carbocycles. The van der Waals surface area contributed by atoms with Crippen molar-refractivity contribution in [3.8, 4) is 5.75 Å². The van der Waals surface area contributed by atoms with Crippen molar-refractivity contribution in [1.29, 1.82) is 0 Å². The van der Waals surface area contributed by atoms with E-state index in [4.69, 9.17) is 23.8 Å². The lowest BCUT2D eigenvalue weighted by Gasteiger charge is -2.17. The third-order valence-electron chi connectivity index (χ3n) is 5.62. The number of halogens is 1. The van der Waals surface area contributed by atoms with Crippen molar-refractivity contribution in [2.75, 3.05) is 17.3 Å². The number of phenols is 1. The fraction of sp³-hybridized carbons (Fsp3) is 0.130. The Hall–Kier alpha value is -2.89. The maximum absolute atomic E-state index is 13.4. The summed E-state index contributed by atoms with van der Waals surface area (Å²) in [6, 6.07) is 17.0. The molecule has 2 N–H and O–H groups in total. The molecule has 0 saturated carbocycles. The van der Waals surface area contributed by atoms with E-state index in [1.54, 1.807) is 16.3 Å². The van der Waals surface area contributed by atoms with Gasteiger partial charge in [0.15, 0.2) is 0 Å². The molecule has 4 aromatic rings. The lowest BCUT2D eigenvalue weighted by molar-refractivity contribution is 0.0984. The average Bonchev–Trinajstić information content (AvgIpc) is 3.35. The van der Waals surface area contributed by atoms with E-state index in [1.165, 1.54) is 0 Å². The third kappa shape index (κ3) is 2.73. The second-order valence-electron chi connectivity index (χ2n) is 7.25. The highest BCUT2D eigenvalue weighted by Crippen LogP contribution is 2.45. The van der Waals surface area contributed by atoms with Gasteiger partial charge in [-0.1, -0.05) is 54.7 Å².